The van der Waals surface area contributed by atoms with Crippen LogP contribution in [0.2, 0.25) is 5.02 Å². The van der Waals surface area contributed by atoms with Crippen LogP contribution in [-0.2, 0) is 27.5 Å². The molecule has 0 radical (unpaired) electrons. The van der Waals surface area contributed by atoms with E-state index in [1.54, 1.807) is 11.3 Å². The van der Waals surface area contributed by atoms with Crippen LogP contribution in [0, 0.1) is 6.92 Å². The highest BCUT2D eigenvalue weighted by atomic mass is 35.5. The van der Waals surface area contributed by atoms with Crippen molar-refractivity contribution in [2.24, 2.45) is 0 Å². The summed E-state index contributed by atoms with van der Waals surface area (Å²) in [6.45, 7) is 3.28. The lowest BCUT2D eigenvalue weighted by Gasteiger charge is -2.33. The maximum Gasteiger partial charge on any atom is 0.417 e. The van der Waals surface area contributed by atoms with Crippen LogP contribution in [-0.4, -0.2) is 56.3 Å². The van der Waals surface area contributed by atoms with Crippen molar-refractivity contribution in [1.82, 2.24) is 14.5 Å². The third kappa shape index (κ3) is 5.98. The number of nitrogens with one attached hydrogen (secondary N) is 1. The Morgan fingerprint density at radius 3 is 2.42 bits per heavy atom. The first-order chi connectivity index (χ1) is 14.5. The summed E-state index contributed by atoms with van der Waals surface area (Å²) >= 11 is 7.18. The molecule has 0 bridgehead atoms. The van der Waals surface area contributed by atoms with Crippen LogP contribution in [0.25, 0.3) is 0 Å². The highest BCUT2D eigenvalue weighted by Crippen LogP contribution is 2.36. The van der Waals surface area contributed by atoms with Crippen LogP contribution in [0.15, 0.2) is 35.2 Å². The average molecular weight is 496 g/mol. The number of thiophene rings is 1. The molecule has 0 atom stereocenters. The molecule has 1 N–H and O–H groups in total. The van der Waals surface area contributed by atoms with Crippen LogP contribution >= 0.6 is 22.9 Å². The van der Waals surface area contributed by atoms with Gasteiger partial charge in [0.05, 0.1) is 28.6 Å². The number of hydrogen-bond acceptors (Lipinski definition) is 5. The lowest BCUT2D eigenvalue weighted by Crippen LogP contribution is -2.51. The van der Waals surface area contributed by atoms with Crippen LogP contribution in [0.4, 0.5) is 13.2 Å². The molecule has 1 aliphatic rings. The third-order valence-electron chi connectivity index (χ3n) is 4.84. The smallest absolute Gasteiger partial charge is 0.350 e. The largest absolute Gasteiger partial charge is 0.417 e. The van der Waals surface area contributed by atoms with E-state index in [4.69, 9.17) is 11.6 Å². The average Bonchev–Trinajstić information content (AvgIpc) is 3.11. The summed E-state index contributed by atoms with van der Waals surface area (Å²) in [7, 11) is -4.11. The van der Waals surface area contributed by atoms with Crippen molar-refractivity contribution >= 4 is 38.9 Å². The van der Waals surface area contributed by atoms with Gasteiger partial charge in [-0.15, -0.1) is 11.3 Å². The number of halogens is 4. The quantitative estimate of drug-likeness (QED) is 0.667. The van der Waals surface area contributed by atoms with Crippen LogP contribution < -0.4 is 5.32 Å². The summed E-state index contributed by atoms with van der Waals surface area (Å²) in [5, 5.41) is 2.28. The van der Waals surface area contributed by atoms with Crippen LogP contribution in [0.3, 0.4) is 0 Å². The molecule has 1 saturated heterocycles. The maximum atomic E-state index is 13.1. The normalized spacial score (nSPS) is 16.4. The Kier molecular flexibility index (Phi) is 7.32. The van der Waals surface area contributed by atoms with E-state index in [0.29, 0.717) is 25.7 Å². The van der Waals surface area contributed by atoms with Gasteiger partial charge in [0.25, 0.3) is 0 Å². The van der Waals surface area contributed by atoms with Crippen molar-refractivity contribution < 1.29 is 26.4 Å². The van der Waals surface area contributed by atoms with Gasteiger partial charge in [-0.2, -0.15) is 17.5 Å². The predicted molar refractivity (Wildman–Crippen MR) is 113 cm³/mol. The zero-order valence-corrected chi connectivity index (χ0v) is 19.0. The molecular weight excluding hydrogens is 475 g/mol. The molecular formula is C19H21ClF3N3O3S2. The van der Waals surface area contributed by atoms with E-state index in [-0.39, 0.29) is 25.5 Å². The van der Waals surface area contributed by atoms with E-state index < -0.39 is 31.7 Å². The maximum absolute atomic E-state index is 13.1. The number of benzene rings is 1. The molecule has 170 valence electrons. The molecule has 2 heterocycles. The molecule has 1 fully saturated rings. The van der Waals surface area contributed by atoms with E-state index in [0.717, 1.165) is 26.2 Å². The van der Waals surface area contributed by atoms with Gasteiger partial charge in [-0.1, -0.05) is 11.6 Å². The molecule has 1 aliphatic heterocycles. The van der Waals surface area contributed by atoms with Gasteiger partial charge < -0.3 is 5.32 Å². The summed E-state index contributed by atoms with van der Waals surface area (Å²) in [5.74, 6) is -0.171. The predicted octanol–water partition coefficient (Wildman–Crippen LogP) is 3.35. The minimum atomic E-state index is -4.75. The van der Waals surface area contributed by atoms with E-state index >= 15 is 0 Å². The number of sulfonamides is 1. The summed E-state index contributed by atoms with van der Waals surface area (Å²) in [6, 6.07) is 6.49. The summed E-state index contributed by atoms with van der Waals surface area (Å²) in [5.41, 5.74) is -1.19. The topological polar surface area (TPSA) is 69.7 Å². The molecule has 0 spiro atoms. The summed E-state index contributed by atoms with van der Waals surface area (Å²) < 4.78 is 65.9. The Balaban J connectivity index is 1.56. The summed E-state index contributed by atoms with van der Waals surface area (Å²) in [4.78, 5) is 15.7. The second-order valence-corrected chi connectivity index (χ2v) is 10.8. The molecule has 0 saturated carbocycles. The summed E-state index contributed by atoms with van der Waals surface area (Å²) in [6.07, 6.45) is -4.75. The molecule has 1 aromatic heterocycles. The standard InChI is InChI=1S/C19H21ClF3N3O3S2/c1-13-2-3-14(30-13)11-24-18(27)12-25-6-8-26(9-7-25)31(28,29)15-4-5-17(20)16(10-15)19(21,22)23/h2-5,10H,6-9,11-12H2,1H3,(H,24,27). The fourth-order valence-corrected chi connectivity index (χ4v) is 5.69. The molecule has 1 aromatic carbocycles. The molecule has 3 rings (SSSR count). The first-order valence-corrected chi connectivity index (χ1v) is 12.0. The van der Waals surface area contributed by atoms with E-state index in [1.807, 2.05) is 24.0 Å². The van der Waals surface area contributed by atoms with Gasteiger partial charge >= 0.3 is 6.18 Å². The van der Waals surface area contributed by atoms with Gasteiger partial charge in [-0.05, 0) is 37.3 Å². The fraction of sp³-hybridized carbons (Fsp3) is 0.421. The van der Waals surface area contributed by atoms with E-state index in [9.17, 15) is 26.4 Å². The highest BCUT2D eigenvalue weighted by molar-refractivity contribution is 7.89. The SMILES string of the molecule is Cc1ccc(CNC(=O)CN2CCN(S(=O)(=O)c3ccc(Cl)c(C(F)(F)F)c3)CC2)s1. The van der Waals surface area contributed by atoms with Crippen LogP contribution in [0.1, 0.15) is 15.3 Å². The highest BCUT2D eigenvalue weighted by Gasteiger charge is 2.36. The van der Waals surface area contributed by atoms with E-state index in [1.165, 1.54) is 0 Å². The number of amides is 1. The number of rotatable bonds is 6. The monoisotopic (exact) mass is 495 g/mol. The molecule has 2 aromatic rings. The number of carbonyl (C=O) groups is 1. The molecule has 12 heteroatoms. The number of piperazine rings is 1. The number of nitrogens with zero attached hydrogens (tertiary/aromatic N) is 2. The minimum Gasteiger partial charge on any atom is -0.350 e. The van der Waals surface area contributed by atoms with Gasteiger partial charge in [-0.25, -0.2) is 8.42 Å². The van der Waals surface area contributed by atoms with Crippen LogP contribution in [0.5, 0.6) is 0 Å². The molecule has 0 aliphatic carbocycles. The first kappa shape index (κ1) is 24.0. The van der Waals surface area contributed by atoms with Gasteiger partial charge in [0, 0.05) is 35.9 Å². The van der Waals surface area contributed by atoms with Gasteiger partial charge in [0.1, 0.15) is 0 Å². The van der Waals surface area contributed by atoms with Crippen molar-refractivity contribution in [1.29, 1.82) is 0 Å². The van der Waals surface area contributed by atoms with E-state index in [2.05, 4.69) is 5.32 Å². The number of carbonyl (C=O) groups excluding carboxylic acids is 1. The Labute approximate surface area is 187 Å². The zero-order valence-electron chi connectivity index (χ0n) is 16.6. The fourth-order valence-electron chi connectivity index (χ4n) is 3.18. The van der Waals surface area contributed by atoms with Gasteiger partial charge in [-0.3, -0.25) is 9.69 Å². The zero-order chi connectivity index (χ0) is 22.8. The third-order valence-corrected chi connectivity index (χ3v) is 8.06. The first-order valence-electron chi connectivity index (χ1n) is 9.38. The lowest BCUT2D eigenvalue weighted by molar-refractivity contribution is -0.137. The molecule has 1 amide bonds. The number of hydrogen-bond donors (Lipinski definition) is 1. The second-order valence-electron chi connectivity index (χ2n) is 7.11. The molecule has 6 nitrogen and oxygen atoms in total. The lowest BCUT2D eigenvalue weighted by atomic mass is 10.2. The van der Waals surface area contributed by atoms with Crippen molar-refractivity contribution in [2.75, 3.05) is 32.7 Å². The second kappa shape index (κ2) is 9.45. The van der Waals surface area contributed by atoms with Gasteiger partial charge in [0.2, 0.25) is 15.9 Å². The van der Waals surface area contributed by atoms with Gasteiger partial charge in [0.15, 0.2) is 0 Å². The molecule has 0 unspecified atom stereocenters. The van der Waals surface area contributed by atoms with Crippen molar-refractivity contribution in [3.63, 3.8) is 0 Å². The molecule has 31 heavy (non-hydrogen) atoms. The number of aryl methyl sites for hydroxylation is 1. The number of alkyl halides is 3. The Hall–Kier alpha value is -1.66. The van der Waals surface area contributed by atoms with Crippen molar-refractivity contribution in [3.8, 4) is 0 Å². The Morgan fingerprint density at radius 1 is 1.16 bits per heavy atom. The van der Waals surface area contributed by atoms with Crippen molar-refractivity contribution in [3.05, 3.63) is 50.7 Å². The van der Waals surface area contributed by atoms with Crippen molar-refractivity contribution in [2.45, 2.75) is 24.5 Å². The minimum absolute atomic E-state index is 0.0731. The Bertz CT molecular complexity index is 1050. The Morgan fingerprint density at radius 2 is 1.84 bits per heavy atom.